The Balaban J connectivity index is 1.54. The molecule has 2 aliphatic rings. The topological polar surface area (TPSA) is 139 Å². The van der Waals surface area contributed by atoms with E-state index in [2.05, 4.69) is 10.0 Å². The Morgan fingerprint density at radius 2 is 1.88 bits per heavy atom. The average molecular weight is 612 g/mol. The van der Waals surface area contributed by atoms with Gasteiger partial charge >= 0.3 is 18.0 Å². The van der Waals surface area contributed by atoms with E-state index in [0.29, 0.717) is 6.92 Å². The summed E-state index contributed by atoms with van der Waals surface area (Å²) in [7, 11) is -3.10. The molecule has 2 aromatic rings. The number of nitrogens with zero attached hydrogens (tertiary/aromatic N) is 2. The first-order chi connectivity index (χ1) is 18.9. The minimum absolute atomic E-state index is 0.0794. The zero-order valence-corrected chi connectivity index (χ0v) is 22.1. The van der Waals surface area contributed by atoms with E-state index in [1.54, 1.807) is 5.32 Å². The van der Waals surface area contributed by atoms with Crippen LogP contribution in [0.2, 0.25) is 0 Å². The number of hydrogen-bond acceptors (Lipinski definition) is 6. The Labute approximate surface area is 228 Å². The van der Waals surface area contributed by atoms with E-state index in [1.165, 1.54) is 7.05 Å². The molecular weight excluding hydrogens is 588 g/mol. The number of aryl methyl sites for hydroxylation is 1. The highest BCUT2D eigenvalue weighted by Gasteiger charge is 2.49. The third-order valence-electron chi connectivity index (χ3n) is 6.61. The number of halogens is 6. The summed E-state index contributed by atoms with van der Waals surface area (Å²) in [6.45, 7) is -0.410. The smallest absolute Gasteiger partial charge is 0.408 e. The molecule has 41 heavy (non-hydrogen) atoms. The molecule has 3 heterocycles. The number of carbonyl (C=O) groups excluding carboxylic acids is 3. The molecule has 3 amide bonds. The lowest BCUT2D eigenvalue weighted by Gasteiger charge is -2.27. The summed E-state index contributed by atoms with van der Waals surface area (Å²) in [5.41, 5.74) is -2.97. The number of likely N-dealkylation sites (tertiary alicyclic amines) is 1. The van der Waals surface area contributed by atoms with Gasteiger partial charge in [-0.3, -0.25) is 14.4 Å². The molecule has 4 rings (SSSR count). The first-order valence-electron chi connectivity index (χ1n) is 11.9. The van der Waals surface area contributed by atoms with Gasteiger partial charge in [0.2, 0.25) is 10.0 Å². The van der Waals surface area contributed by atoms with Gasteiger partial charge in [0.15, 0.2) is 11.4 Å². The van der Waals surface area contributed by atoms with Crippen LogP contribution in [-0.4, -0.2) is 73.1 Å². The standard InChI is InChI=1S/C23H23F6N5O6S/c1-11(23(27,28)29)30-20(36)21(37)34-6-5-22(9-34)10-40-17-15(41(38,39)32-22)8-33(2)16(17)19(35)31-12-3-4-14(24)13(7-12)18(25)26/h3-4,7-8,11,18,32H,5-6,9-10H2,1-2H3,(H,30,36)(H,31,35)/t11-,22?/m0/s1. The average Bonchev–Trinajstić information content (AvgIpc) is 3.40. The zero-order chi connectivity index (χ0) is 30.5. The molecule has 0 bridgehead atoms. The Hall–Kier alpha value is -3.80. The number of nitrogens with one attached hydrogen (secondary N) is 3. The molecule has 0 saturated carbocycles. The van der Waals surface area contributed by atoms with Gasteiger partial charge in [-0.05, 0) is 31.5 Å². The van der Waals surface area contributed by atoms with Crippen LogP contribution in [0.25, 0.3) is 0 Å². The Bertz CT molecular complexity index is 1510. The van der Waals surface area contributed by atoms with Gasteiger partial charge in [-0.15, -0.1) is 0 Å². The minimum Gasteiger partial charge on any atom is -0.488 e. The van der Waals surface area contributed by atoms with E-state index in [-0.39, 0.29) is 24.3 Å². The predicted molar refractivity (Wildman–Crippen MR) is 128 cm³/mol. The summed E-state index contributed by atoms with van der Waals surface area (Å²) >= 11 is 0. The fourth-order valence-electron chi connectivity index (χ4n) is 4.46. The molecule has 1 saturated heterocycles. The number of aromatic nitrogens is 1. The largest absolute Gasteiger partial charge is 0.488 e. The molecule has 0 aliphatic carbocycles. The minimum atomic E-state index is -4.79. The van der Waals surface area contributed by atoms with Crippen molar-refractivity contribution in [2.75, 3.05) is 25.0 Å². The van der Waals surface area contributed by atoms with Crippen molar-refractivity contribution in [2.45, 2.75) is 42.4 Å². The van der Waals surface area contributed by atoms with E-state index in [9.17, 15) is 49.1 Å². The highest BCUT2D eigenvalue weighted by Crippen LogP contribution is 2.37. The SMILES string of the molecule is C[C@H](NC(=O)C(=O)N1CCC2(COc3c(cn(C)c3C(=O)Nc3ccc(F)c(C(F)F)c3)S(=O)(=O)N2)C1)C(F)(F)F. The molecule has 0 radical (unpaired) electrons. The molecule has 2 aliphatic heterocycles. The van der Waals surface area contributed by atoms with E-state index in [4.69, 9.17) is 4.74 Å². The second-order valence-electron chi connectivity index (χ2n) is 9.66. The lowest BCUT2D eigenvalue weighted by atomic mass is 10.0. The molecule has 224 valence electrons. The van der Waals surface area contributed by atoms with Crippen LogP contribution in [0.1, 0.15) is 35.8 Å². The fourth-order valence-corrected chi connectivity index (χ4v) is 6.06. The monoisotopic (exact) mass is 611 g/mol. The van der Waals surface area contributed by atoms with Gasteiger partial charge in [-0.25, -0.2) is 21.6 Å². The number of amides is 3. The van der Waals surface area contributed by atoms with E-state index < -0.39 is 87.1 Å². The van der Waals surface area contributed by atoms with Gasteiger partial charge in [0, 0.05) is 32.0 Å². The Kier molecular flexibility index (Phi) is 7.76. The molecule has 11 nitrogen and oxygen atoms in total. The number of alkyl halides is 5. The number of ether oxygens (including phenoxy) is 1. The van der Waals surface area contributed by atoms with Gasteiger partial charge in [0.1, 0.15) is 23.4 Å². The van der Waals surface area contributed by atoms with Crippen LogP contribution in [0.5, 0.6) is 5.75 Å². The summed E-state index contributed by atoms with van der Waals surface area (Å²) in [6, 6.07) is 0.189. The lowest BCUT2D eigenvalue weighted by Crippen LogP contribution is -2.55. The first kappa shape index (κ1) is 30.2. The number of hydrogen-bond donors (Lipinski definition) is 3. The maximum Gasteiger partial charge on any atom is 0.408 e. The van der Waals surface area contributed by atoms with Gasteiger partial charge in [0.25, 0.3) is 12.3 Å². The third kappa shape index (κ3) is 5.97. The zero-order valence-electron chi connectivity index (χ0n) is 21.3. The second-order valence-corrected chi connectivity index (χ2v) is 11.3. The van der Waals surface area contributed by atoms with Gasteiger partial charge in [-0.1, -0.05) is 0 Å². The number of fused-ring (bicyclic) bond motifs is 1. The highest BCUT2D eigenvalue weighted by atomic mass is 32.2. The molecule has 1 aromatic carbocycles. The summed E-state index contributed by atoms with van der Waals surface area (Å²) in [5, 5.41) is 3.85. The summed E-state index contributed by atoms with van der Waals surface area (Å²) in [5.74, 6) is -5.38. The van der Waals surface area contributed by atoms with Gasteiger partial charge in [0.05, 0.1) is 11.1 Å². The van der Waals surface area contributed by atoms with Crippen molar-refractivity contribution in [2.24, 2.45) is 7.05 Å². The molecule has 2 atom stereocenters. The fraction of sp³-hybridized carbons (Fsp3) is 0.435. The highest BCUT2D eigenvalue weighted by molar-refractivity contribution is 7.89. The van der Waals surface area contributed by atoms with Crippen molar-refractivity contribution in [1.29, 1.82) is 0 Å². The van der Waals surface area contributed by atoms with Crippen LogP contribution in [0, 0.1) is 5.82 Å². The van der Waals surface area contributed by atoms with Gasteiger partial charge in [-0.2, -0.15) is 17.9 Å². The summed E-state index contributed by atoms with van der Waals surface area (Å²) < 4.78 is 114. The van der Waals surface area contributed by atoms with E-state index in [1.807, 2.05) is 0 Å². The molecule has 18 heteroatoms. The number of carbonyl (C=O) groups is 3. The normalized spacial score (nSPS) is 20.8. The molecular formula is C23H23F6N5O6S. The maximum atomic E-state index is 13.6. The van der Waals surface area contributed by atoms with Crippen LogP contribution >= 0.6 is 0 Å². The van der Waals surface area contributed by atoms with Crippen LogP contribution in [-0.2, 0) is 26.7 Å². The second kappa shape index (κ2) is 10.6. The Morgan fingerprint density at radius 1 is 1.20 bits per heavy atom. The van der Waals surface area contributed by atoms with Crippen molar-refractivity contribution >= 4 is 33.4 Å². The summed E-state index contributed by atoms with van der Waals surface area (Å²) in [4.78, 5) is 38.1. The Morgan fingerprint density at radius 3 is 2.51 bits per heavy atom. The van der Waals surface area contributed by atoms with Crippen molar-refractivity contribution < 1.29 is 53.9 Å². The number of rotatable bonds is 4. The number of benzene rings is 1. The number of anilines is 1. The molecule has 1 aromatic heterocycles. The third-order valence-corrected chi connectivity index (χ3v) is 8.19. The van der Waals surface area contributed by atoms with E-state index >= 15 is 0 Å². The lowest BCUT2D eigenvalue weighted by molar-refractivity contribution is -0.162. The quantitative estimate of drug-likeness (QED) is 0.358. The van der Waals surface area contributed by atoms with Crippen molar-refractivity contribution in [1.82, 2.24) is 19.5 Å². The molecule has 3 N–H and O–H groups in total. The van der Waals surface area contributed by atoms with Crippen molar-refractivity contribution in [3.63, 3.8) is 0 Å². The van der Waals surface area contributed by atoms with Crippen LogP contribution in [0.4, 0.5) is 32.0 Å². The van der Waals surface area contributed by atoms with Gasteiger partial charge < -0.3 is 24.8 Å². The van der Waals surface area contributed by atoms with E-state index in [0.717, 1.165) is 33.9 Å². The molecule has 1 fully saturated rings. The molecule has 1 spiro atoms. The van der Waals surface area contributed by atoms with Crippen molar-refractivity contribution in [3.8, 4) is 5.75 Å². The predicted octanol–water partition coefficient (Wildman–Crippen LogP) is 2.06. The van der Waals surface area contributed by atoms with Crippen LogP contribution in [0.15, 0.2) is 29.3 Å². The van der Waals surface area contributed by atoms with Crippen LogP contribution < -0.4 is 20.1 Å². The number of sulfonamides is 1. The maximum absolute atomic E-state index is 13.6. The van der Waals surface area contributed by atoms with Crippen molar-refractivity contribution in [3.05, 3.63) is 41.5 Å². The first-order valence-corrected chi connectivity index (χ1v) is 13.3. The van der Waals surface area contributed by atoms with Crippen LogP contribution in [0.3, 0.4) is 0 Å². The molecule has 1 unspecified atom stereocenters. The summed E-state index contributed by atoms with van der Waals surface area (Å²) in [6.07, 6.45) is -6.97.